The van der Waals surface area contributed by atoms with Gasteiger partial charge in [-0.1, -0.05) is 30.9 Å². The summed E-state index contributed by atoms with van der Waals surface area (Å²) in [6.07, 6.45) is 3.38. The first-order valence-corrected chi connectivity index (χ1v) is 10.7. The fourth-order valence-electron chi connectivity index (χ4n) is 3.33. The van der Waals surface area contributed by atoms with Crippen LogP contribution in [0.2, 0.25) is 0 Å². The van der Waals surface area contributed by atoms with Gasteiger partial charge in [0, 0.05) is 6.42 Å². The molecule has 0 saturated heterocycles. The summed E-state index contributed by atoms with van der Waals surface area (Å²) in [6, 6.07) is 5.57. The van der Waals surface area contributed by atoms with Crippen LogP contribution in [0.15, 0.2) is 59.3 Å². The van der Waals surface area contributed by atoms with E-state index in [0.29, 0.717) is 53.8 Å². The number of benzene rings is 1. The summed E-state index contributed by atoms with van der Waals surface area (Å²) in [6.45, 7) is 5.47. The minimum atomic E-state index is -4.42. The van der Waals surface area contributed by atoms with Gasteiger partial charge in [-0.2, -0.15) is 13.2 Å². The molecule has 0 amide bonds. The van der Waals surface area contributed by atoms with E-state index in [9.17, 15) is 18.0 Å². The number of aryl methyl sites for hydroxylation is 1. The molecule has 1 N–H and O–H groups in total. The first-order valence-electron chi connectivity index (χ1n) is 10.7. The molecule has 8 heteroatoms. The average Bonchev–Trinajstić information content (AvgIpc) is 3.47. The summed E-state index contributed by atoms with van der Waals surface area (Å²) < 4.78 is 49.8. The highest BCUT2D eigenvalue weighted by molar-refractivity contribution is 5.70. The van der Waals surface area contributed by atoms with Crippen molar-refractivity contribution in [3.63, 3.8) is 0 Å². The molecule has 1 aliphatic rings. The van der Waals surface area contributed by atoms with E-state index in [1.165, 1.54) is 19.3 Å². The van der Waals surface area contributed by atoms with Gasteiger partial charge in [-0.15, -0.1) is 0 Å². The Morgan fingerprint density at radius 2 is 2.09 bits per heavy atom. The zero-order valence-corrected chi connectivity index (χ0v) is 18.3. The van der Waals surface area contributed by atoms with Gasteiger partial charge in [0.1, 0.15) is 17.7 Å². The predicted octanol–water partition coefficient (Wildman–Crippen LogP) is 6.27. The number of carboxylic acids is 1. The lowest BCUT2D eigenvalue weighted by molar-refractivity contribution is -0.136. The number of hydrogen-bond acceptors (Lipinski definition) is 4. The molecule has 0 aliphatic heterocycles. The Labute approximate surface area is 190 Å². The lowest BCUT2D eigenvalue weighted by Crippen LogP contribution is -2.09. The van der Waals surface area contributed by atoms with Gasteiger partial charge in [0.25, 0.3) is 0 Å². The first kappa shape index (κ1) is 24.4. The van der Waals surface area contributed by atoms with E-state index in [1.54, 1.807) is 6.07 Å². The van der Waals surface area contributed by atoms with Crippen LogP contribution in [-0.4, -0.2) is 28.8 Å². The molecule has 0 radical (unpaired) electrons. The van der Waals surface area contributed by atoms with Crippen LogP contribution in [0.1, 0.15) is 54.8 Å². The Bertz CT molecular complexity index is 1060. The number of oxazole rings is 1. The van der Waals surface area contributed by atoms with E-state index in [1.807, 2.05) is 12.1 Å². The molecule has 176 valence electrons. The van der Waals surface area contributed by atoms with Gasteiger partial charge in [-0.25, -0.2) is 4.98 Å². The topological polar surface area (TPSA) is 72.6 Å². The maximum absolute atomic E-state index is 12.8. The lowest BCUT2D eigenvalue weighted by atomic mass is 10.0. The van der Waals surface area contributed by atoms with E-state index in [0.717, 1.165) is 30.6 Å². The molecule has 1 fully saturated rings. The van der Waals surface area contributed by atoms with Gasteiger partial charge in [0.15, 0.2) is 5.89 Å². The fourth-order valence-corrected chi connectivity index (χ4v) is 3.33. The van der Waals surface area contributed by atoms with Crippen molar-refractivity contribution < 1.29 is 32.2 Å². The van der Waals surface area contributed by atoms with Crippen molar-refractivity contribution in [2.24, 2.45) is 0 Å². The van der Waals surface area contributed by atoms with Crippen molar-refractivity contribution >= 4 is 11.5 Å². The molecule has 0 atom stereocenters. The van der Waals surface area contributed by atoms with Crippen LogP contribution in [-0.2, 0) is 17.6 Å². The number of hydrogen-bond donors (Lipinski definition) is 1. The largest absolute Gasteiger partial charge is 0.493 e. The van der Waals surface area contributed by atoms with Gasteiger partial charge in [0.2, 0.25) is 0 Å². The van der Waals surface area contributed by atoms with Gasteiger partial charge in [-0.05, 0) is 60.9 Å². The molecule has 5 nitrogen and oxygen atoms in total. The Morgan fingerprint density at radius 3 is 2.73 bits per heavy atom. The number of alkyl halides is 3. The number of carbonyl (C=O) groups is 1. The third-order valence-corrected chi connectivity index (χ3v) is 5.23. The van der Waals surface area contributed by atoms with Crippen LogP contribution in [0.25, 0.3) is 5.57 Å². The zero-order valence-electron chi connectivity index (χ0n) is 18.3. The summed E-state index contributed by atoms with van der Waals surface area (Å²) in [7, 11) is 0. The molecule has 33 heavy (non-hydrogen) atoms. The molecule has 1 aromatic carbocycles. The smallest absolute Gasteiger partial charge is 0.416 e. The van der Waals surface area contributed by atoms with Crippen LogP contribution in [0.3, 0.4) is 0 Å². The van der Waals surface area contributed by atoms with Crippen molar-refractivity contribution in [2.45, 2.75) is 51.1 Å². The maximum Gasteiger partial charge on any atom is 0.416 e. The van der Waals surface area contributed by atoms with Crippen LogP contribution in [0.5, 0.6) is 5.75 Å². The monoisotopic (exact) mass is 461 g/mol. The van der Waals surface area contributed by atoms with Crippen LogP contribution in [0, 0.1) is 0 Å². The summed E-state index contributed by atoms with van der Waals surface area (Å²) in [5, 5.41) is 9.02. The van der Waals surface area contributed by atoms with E-state index >= 15 is 0 Å². The van der Waals surface area contributed by atoms with E-state index < -0.39 is 17.7 Å². The lowest BCUT2D eigenvalue weighted by Gasteiger charge is -2.12. The normalized spacial score (nSPS) is 14.6. The predicted molar refractivity (Wildman–Crippen MR) is 118 cm³/mol. The third-order valence-electron chi connectivity index (χ3n) is 5.23. The second-order valence-corrected chi connectivity index (χ2v) is 7.90. The van der Waals surface area contributed by atoms with E-state index in [-0.39, 0.29) is 6.42 Å². The Morgan fingerprint density at radius 1 is 1.33 bits per heavy atom. The molecule has 1 aliphatic carbocycles. The van der Waals surface area contributed by atoms with Crippen LogP contribution in [0.4, 0.5) is 13.2 Å². The summed E-state index contributed by atoms with van der Waals surface area (Å²) in [5.74, 6) is 0.726. The standard InChI is InChI=1S/C25H26F3NO4/c1-3-19(25(26,27)28)10-6-16(2)21-15-33-23(29-21)5-4-12-32-22-13-17(14-24(30)31)7-11-20(22)18-8-9-18/h3,6-7,10-11,13,15,18H,2,4-5,8-9,12,14H2,1H3,(H,30,31)/b10-6-,19-3+. The van der Waals surface area contributed by atoms with E-state index in [4.69, 9.17) is 14.3 Å². The van der Waals surface area contributed by atoms with Gasteiger partial charge < -0.3 is 14.3 Å². The van der Waals surface area contributed by atoms with Crippen molar-refractivity contribution in [3.8, 4) is 5.75 Å². The van der Waals surface area contributed by atoms with Crippen LogP contribution >= 0.6 is 0 Å². The Balaban J connectivity index is 1.53. The molecular weight excluding hydrogens is 435 g/mol. The van der Waals surface area contributed by atoms with Gasteiger partial charge in [-0.3, -0.25) is 4.79 Å². The number of rotatable bonds is 11. The van der Waals surface area contributed by atoms with Crippen molar-refractivity contribution in [2.75, 3.05) is 6.61 Å². The molecule has 0 spiro atoms. The molecule has 2 aromatic rings. The van der Waals surface area contributed by atoms with Crippen molar-refractivity contribution in [3.05, 3.63) is 77.6 Å². The second-order valence-electron chi connectivity index (χ2n) is 7.90. The molecule has 1 saturated carbocycles. The quantitative estimate of drug-likeness (QED) is 0.315. The Kier molecular flexibility index (Phi) is 7.79. The highest BCUT2D eigenvalue weighted by Crippen LogP contribution is 2.44. The molecule has 1 aromatic heterocycles. The summed E-state index contributed by atoms with van der Waals surface area (Å²) in [4.78, 5) is 15.3. The number of ether oxygens (including phenoxy) is 1. The van der Waals surface area contributed by atoms with Crippen molar-refractivity contribution in [1.29, 1.82) is 0 Å². The first-order chi connectivity index (χ1) is 15.7. The number of aliphatic carboxylic acids is 1. The maximum atomic E-state index is 12.8. The summed E-state index contributed by atoms with van der Waals surface area (Å²) in [5.41, 5.74) is 1.72. The number of allylic oxidation sites excluding steroid dienone is 5. The second kappa shape index (κ2) is 10.6. The summed E-state index contributed by atoms with van der Waals surface area (Å²) >= 11 is 0. The zero-order chi connectivity index (χ0) is 24.0. The van der Waals surface area contributed by atoms with Crippen LogP contribution < -0.4 is 4.74 Å². The number of aromatic nitrogens is 1. The number of carboxylic acid groups (broad SMARTS) is 1. The molecule has 0 unspecified atom stereocenters. The number of halogens is 3. The SMILES string of the molecule is C=C(/C=C\C(=C/C)C(F)(F)F)c1coc(CCCOc2cc(CC(=O)O)ccc2C2CC2)n1. The minimum Gasteiger partial charge on any atom is -0.493 e. The molecular formula is C25H26F3NO4. The molecule has 3 rings (SSSR count). The van der Waals surface area contributed by atoms with Gasteiger partial charge >= 0.3 is 12.1 Å². The average molecular weight is 461 g/mol. The number of nitrogens with zero attached hydrogens (tertiary/aromatic N) is 1. The molecule has 1 heterocycles. The van der Waals surface area contributed by atoms with Crippen molar-refractivity contribution in [1.82, 2.24) is 4.98 Å². The fraction of sp³-hybridized carbons (Fsp3) is 0.360. The van der Waals surface area contributed by atoms with E-state index in [2.05, 4.69) is 11.6 Å². The third kappa shape index (κ3) is 7.10. The highest BCUT2D eigenvalue weighted by atomic mass is 19.4. The minimum absolute atomic E-state index is 0.0583. The molecule has 0 bridgehead atoms. The Hall–Kier alpha value is -3.29. The highest BCUT2D eigenvalue weighted by Gasteiger charge is 2.31. The van der Waals surface area contributed by atoms with Gasteiger partial charge in [0.05, 0.1) is 18.6 Å².